The van der Waals surface area contributed by atoms with Crippen LogP contribution in [0.1, 0.15) is 71.6 Å². The van der Waals surface area contributed by atoms with Gasteiger partial charge in [-0.3, -0.25) is 9.59 Å². The molecular formula is C22H33N3O5. The van der Waals surface area contributed by atoms with Crippen molar-refractivity contribution in [3.05, 3.63) is 22.5 Å². The van der Waals surface area contributed by atoms with Crippen LogP contribution in [0.5, 0.6) is 0 Å². The van der Waals surface area contributed by atoms with E-state index in [0.29, 0.717) is 42.1 Å². The summed E-state index contributed by atoms with van der Waals surface area (Å²) in [6.07, 6.45) is 3.40. The van der Waals surface area contributed by atoms with Crippen molar-refractivity contribution < 1.29 is 23.9 Å². The van der Waals surface area contributed by atoms with Crippen LogP contribution in [0.2, 0.25) is 0 Å². The zero-order valence-corrected chi connectivity index (χ0v) is 18.4. The van der Waals surface area contributed by atoms with Gasteiger partial charge < -0.3 is 24.7 Å². The van der Waals surface area contributed by atoms with Gasteiger partial charge in [-0.05, 0) is 58.9 Å². The SMILES string of the molecule is Cc1[nH]c(C(=O)N2CCC[C@@H](C(=O)NC[C@H]3CCCO3)C2)c(C)c1C(=O)OC(C)C. The van der Waals surface area contributed by atoms with Gasteiger partial charge >= 0.3 is 5.97 Å². The highest BCUT2D eigenvalue weighted by atomic mass is 16.5. The molecule has 0 bridgehead atoms. The topological polar surface area (TPSA) is 101 Å². The monoisotopic (exact) mass is 419 g/mol. The summed E-state index contributed by atoms with van der Waals surface area (Å²) in [4.78, 5) is 42.9. The summed E-state index contributed by atoms with van der Waals surface area (Å²) in [6.45, 7) is 9.35. The number of aromatic amines is 1. The molecule has 2 atom stereocenters. The number of H-pyrrole nitrogens is 1. The number of carbonyl (C=O) groups excluding carboxylic acids is 3. The summed E-state index contributed by atoms with van der Waals surface area (Å²) in [5, 5.41) is 2.98. The number of aromatic nitrogens is 1. The molecule has 166 valence electrons. The van der Waals surface area contributed by atoms with Gasteiger partial charge in [-0.25, -0.2) is 4.79 Å². The first-order chi connectivity index (χ1) is 14.3. The highest BCUT2D eigenvalue weighted by Gasteiger charge is 2.32. The molecular weight excluding hydrogens is 386 g/mol. The maximum atomic E-state index is 13.2. The molecule has 0 spiro atoms. The van der Waals surface area contributed by atoms with Crippen molar-refractivity contribution in [1.82, 2.24) is 15.2 Å². The molecule has 2 saturated heterocycles. The molecule has 0 saturated carbocycles. The number of nitrogens with one attached hydrogen (secondary N) is 2. The number of hydrogen-bond donors (Lipinski definition) is 2. The number of carbonyl (C=O) groups is 3. The van der Waals surface area contributed by atoms with Crippen LogP contribution in [0.15, 0.2) is 0 Å². The van der Waals surface area contributed by atoms with Gasteiger partial charge in [0.15, 0.2) is 0 Å². The lowest BCUT2D eigenvalue weighted by molar-refractivity contribution is -0.126. The first kappa shape index (κ1) is 22.3. The molecule has 30 heavy (non-hydrogen) atoms. The lowest BCUT2D eigenvalue weighted by Crippen LogP contribution is -2.46. The van der Waals surface area contributed by atoms with Crippen molar-refractivity contribution in [3.63, 3.8) is 0 Å². The molecule has 2 N–H and O–H groups in total. The van der Waals surface area contributed by atoms with Crippen LogP contribution in [0.4, 0.5) is 0 Å². The minimum Gasteiger partial charge on any atom is -0.459 e. The molecule has 1 aromatic rings. The molecule has 8 nitrogen and oxygen atoms in total. The Balaban J connectivity index is 1.64. The van der Waals surface area contributed by atoms with Gasteiger partial charge in [-0.1, -0.05) is 0 Å². The zero-order chi connectivity index (χ0) is 21.8. The number of esters is 1. The molecule has 0 aliphatic carbocycles. The Kier molecular flexibility index (Phi) is 7.18. The number of piperidine rings is 1. The third-order valence-electron chi connectivity index (χ3n) is 5.81. The normalized spacial score (nSPS) is 21.7. The van der Waals surface area contributed by atoms with Crippen LogP contribution in [0, 0.1) is 19.8 Å². The van der Waals surface area contributed by atoms with Crippen LogP contribution in [0.3, 0.4) is 0 Å². The summed E-state index contributed by atoms with van der Waals surface area (Å²) in [5.74, 6) is -0.870. The number of amides is 2. The van der Waals surface area contributed by atoms with Gasteiger partial charge in [0.1, 0.15) is 5.69 Å². The van der Waals surface area contributed by atoms with E-state index in [2.05, 4.69) is 10.3 Å². The predicted octanol–water partition coefficient (Wildman–Crippen LogP) is 2.34. The third-order valence-corrected chi connectivity index (χ3v) is 5.81. The second-order valence-corrected chi connectivity index (χ2v) is 8.55. The fourth-order valence-electron chi connectivity index (χ4n) is 4.24. The van der Waals surface area contributed by atoms with E-state index >= 15 is 0 Å². The molecule has 0 aromatic carbocycles. The largest absolute Gasteiger partial charge is 0.459 e. The lowest BCUT2D eigenvalue weighted by Gasteiger charge is -2.32. The summed E-state index contributed by atoms with van der Waals surface area (Å²) in [7, 11) is 0. The Hall–Kier alpha value is -2.35. The smallest absolute Gasteiger partial charge is 0.340 e. The van der Waals surface area contributed by atoms with Gasteiger partial charge in [-0.15, -0.1) is 0 Å². The maximum Gasteiger partial charge on any atom is 0.340 e. The Labute approximate surface area is 177 Å². The number of hydrogen-bond acceptors (Lipinski definition) is 5. The number of ether oxygens (including phenoxy) is 2. The zero-order valence-electron chi connectivity index (χ0n) is 18.4. The predicted molar refractivity (Wildman–Crippen MR) is 111 cm³/mol. The number of likely N-dealkylation sites (tertiary alicyclic amines) is 1. The van der Waals surface area contributed by atoms with Gasteiger partial charge in [0.2, 0.25) is 5.91 Å². The fraction of sp³-hybridized carbons (Fsp3) is 0.682. The minimum atomic E-state index is -0.430. The Bertz CT molecular complexity index is 795. The van der Waals surface area contributed by atoms with Crippen molar-refractivity contribution in [2.45, 2.75) is 65.6 Å². The summed E-state index contributed by atoms with van der Waals surface area (Å²) >= 11 is 0. The third kappa shape index (κ3) is 5.03. The second-order valence-electron chi connectivity index (χ2n) is 8.55. The van der Waals surface area contributed by atoms with Gasteiger partial charge in [-0.2, -0.15) is 0 Å². The molecule has 1 aromatic heterocycles. The molecule has 8 heteroatoms. The van der Waals surface area contributed by atoms with E-state index in [-0.39, 0.29) is 29.9 Å². The Morgan fingerprint density at radius 1 is 1.23 bits per heavy atom. The van der Waals surface area contributed by atoms with Gasteiger partial charge in [0.25, 0.3) is 5.91 Å². The van der Waals surface area contributed by atoms with Crippen molar-refractivity contribution in [2.24, 2.45) is 5.92 Å². The van der Waals surface area contributed by atoms with E-state index in [0.717, 1.165) is 32.3 Å². The quantitative estimate of drug-likeness (QED) is 0.690. The van der Waals surface area contributed by atoms with Crippen molar-refractivity contribution in [2.75, 3.05) is 26.2 Å². The van der Waals surface area contributed by atoms with Crippen LogP contribution in [0.25, 0.3) is 0 Å². The molecule has 0 unspecified atom stereocenters. The number of aryl methyl sites for hydroxylation is 1. The molecule has 2 aliphatic rings. The molecule has 3 heterocycles. The van der Waals surface area contributed by atoms with Gasteiger partial charge in [0, 0.05) is 31.9 Å². The number of rotatable bonds is 6. The standard InChI is InChI=1S/C22H33N3O5/c1-13(2)30-22(28)18-14(3)19(24-15(18)4)21(27)25-9-5-7-16(12-25)20(26)23-11-17-8-6-10-29-17/h13,16-17,24H,5-12H2,1-4H3,(H,23,26)/t16-,17-/m1/s1. The van der Waals surface area contributed by atoms with Crippen LogP contribution in [-0.2, 0) is 14.3 Å². The molecule has 0 radical (unpaired) electrons. The average molecular weight is 420 g/mol. The summed E-state index contributed by atoms with van der Waals surface area (Å²) < 4.78 is 10.9. The van der Waals surface area contributed by atoms with E-state index in [9.17, 15) is 14.4 Å². The van der Waals surface area contributed by atoms with Crippen LogP contribution in [-0.4, -0.2) is 66.1 Å². The van der Waals surface area contributed by atoms with Crippen molar-refractivity contribution in [1.29, 1.82) is 0 Å². The van der Waals surface area contributed by atoms with Crippen molar-refractivity contribution >= 4 is 17.8 Å². The fourth-order valence-corrected chi connectivity index (χ4v) is 4.24. The highest BCUT2D eigenvalue weighted by molar-refractivity contribution is 6.00. The maximum absolute atomic E-state index is 13.2. The average Bonchev–Trinajstić information content (AvgIpc) is 3.32. The first-order valence-corrected chi connectivity index (χ1v) is 10.9. The van der Waals surface area contributed by atoms with E-state index in [1.807, 2.05) is 0 Å². The lowest BCUT2D eigenvalue weighted by atomic mass is 9.96. The summed E-state index contributed by atoms with van der Waals surface area (Å²) in [5.41, 5.74) is 2.01. The van der Waals surface area contributed by atoms with E-state index in [4.69, 9.17) is 9.47 Å². The molecule has 2 amide bonds. The van der Waals surface area contributed by atoms with Crippen LogP contribution >= 0.6 is 0 Å². The van der Waals surface area contributed by atoms with Crippen LogP contribution < -0.4 is 5.32 Å². The first-order valence-electron chi connectivity index (χ1n) is 10.9. The molecule has 2 aliphatic heterocycles. The molecule has 2 fully saturated rings. The van der Waals surface area contributed by atoms with E-state index < -0.39 is 5.97 Å². The van der Waals surface area contributed by atoms with Gasteiger partial charge in [0.05, 0.1) is 23.7 Å². The van der Waals surface area contributed by atoms with E-state index in [1.54, 1.807) is 32.6 Å². The summed E-state index contributed by atoms with van der Waals surface area (Å²) in [6, 6.07) is 0. The highest BCUT2D eigenvalue weighted by Crippen LogP contribution is 2.24. The van der Waals surface area contributed by atoms with E-state index in [1.165, 1.54) is 0 Å². The second kappa shape index (κ2) is 9.64. The molecule has 3 rings (SSSR count). The Morgan fingerprint density at radius 2 is 2.00 bits per heavy atom. The minimum absolute atomic E-state index is 0.0245. The van der Waals surface area contributed by atoms with Crippen molar-refractivity contribution in [3.8, 4) is 0 Å². The number of nitrogens with zero attached hydrogens (tertiary/aromatic N) is 1. The Morgan fingerprint density at radius 3 is 2.67 bits per heavy atom.